The Hall–Kier alpha value is -0.820. The number of aromatic nitrogens is 2. The molecule has 3 nitrogen and oxygen atoms in total. The van der Waals surface area contributed by atoms with E-state index in [0.29, 0.717) is 23.1 Å². The van der Waals surface area contributed by atoms with E-state index in [9.17, 15) is 13.2 Å². The van der Waals surface area contributed by atoms with Crippen molar-refractivity contribution < 1.29 is 13.2 Å². The van der Waals surface area contributed by atoms with Gasteiger partial charge in [-0.3, -0.25) is 0 Å². The average molecular weight is 265 g/mol. The summed E-state index contributed by atoms with van der Waals surface area (Å²) in [6.07, 6.45) is -4.34. The highest BCUT2D eigenvalue weighted by atomic mass is 32.2. The lowest BCUT2D eigenvalue weighted by atomic mass is 10.2. The van der Waals surface area contributed by atoms with Crippen molar-refractivity contribution in [3.63, 3.8) is 0 Å². The van der Waals surface area contributed by atoms with Crippen LogP contribution in [0, 0.1) is 20.8 Å². The summed E-state index contributed by atoms with van der Waals surface area (Å²) in [7, 11) is 0. The van der Waals surface area contributed by atoms with E-state index in [2.05, 4.69) is 9.97 Å². The molecule has 0 aliphatic carbocycles. The lowest BCUT2D eigenvalue weighted by Crippen LogP contribution is -2.33. The van der Waals surface area contributed by atoms with Crippen molar-refractivity contribution in [1.82, 2.24) is 9.97 Å². The van der Waals surface area contributed by atoms with Crippen molar-refractivity contribution in [3.05, 3.63) is 17.0 Å². The minimum Gasteiger partial charge on any atom is -0.329 e. The van der Waals surface area contributed by atoms with Gasteiger partial charge in [0.15, 0.2) is 5.16 Å². The van der Waals surface area contributed by atoms with Gasteiger partial charge >= 0.3 is 6.18 Å². The third kappa shape index (κ3) is 3.57. The van der Waals surface area contributed by atoms with Crippen molar-refractivity contribution in [2.45, 2.75) is 37.4 Å². The lowest BCUT2D eigenvalue weighted by Gasteiger charge is -2.17. The van der Waals surface area contributed by atoms with Gasteiger partial charge in [0.2, 0.25) is 0 Å². The molecule has 1 aromatic rings. The summed E-state index contributed by atoms with van der Waals surface area (Å²) in [5.74, 6) is 0. The van der Waals surface area contributed by atoms with Crippen LogP contribution in [0.1, 0.15) is 17.0 Å². The van der Waals surface area contributed by atoms with Crippen LogP contribution in [-0.4, -0.2) is 27.9 Å². The van der Waals surface area contributed by atoms with E-state index in [1.54, 1.807) is 13.8 Å². The topological polar surface area (TPSA) is 51.8 Å². The summed E-state index contributed by atoms with van der Waals surface area (Å²) < 4.78 is 37.6. The van der Waals surface area contributed by atoms with Crippen LogP contribution in [0.25, 0.3) is 0 Å². The van der Waals surface area contributed by atoms with Crippen molar-refractivity contribution >= 4 is 11.8 Å². The highest BCUT2D eigenvalue weighted by molar-refractivity contribution is 7.99. The number of hydrogen-bond acceptors (Lipinski definition) is 4. The van der Waals surface area contributed by atoms with E-state index >= 15 is 0 Å². The van der Waals surface area contributed by atoms with Crippen LogP contribution in [0.2, 0.25) is 0 Å². The highest BCUT2D eigenvalue weighted by Gasteiger charge is 2.40. The summed E-state index contributed by atoms with van der Waals surface area (Å²) in [6, 6.07) is 0. The van der Waals surface area contributed by atoms with E-state index in [1.165, 1.54) is 0 Å². The van der Waals surface area contributed by atoms with Crippen LogP contribution in [0.4, 0.5) is 13.2 Å². The van der Waals surface area contributed by atoms with Crippen LogP contribution in [0.5, 0.6) is 0 Å². The number of halogens is 3. The van der Waals surface area contributed by atoms with Gasteiger partial charge < -0.3 is 5.73 Å². The molecule has 0 aliphatic rings. The zero-order valence-corrected chi connectivity index (χ0v) is 10.6. The Kier molecular flexibility index (Phi) is 4.37. The minimum atomic E-state index is -4.34. The van der Waals surface area contributed by atoms with E-state index in [4.69, 9.17) is 5.73 Å². The van der Waals surface area contributed by atoms with Gasteiger partial charge in [0, 0.05) is 17.9 Å². The standard InChI is InChI=1S/C10H14F3N3S/c1-5-6(2)15-9(16-7(5)3)17-8(4-14)10(11,12)13/h8H,4,14H2,1-3H3. The molecule has 0 spiro atoms. The predicted molar refractivity (Wildman–Crippen MR) is 61.0 cm³/mol. The van der Waals surface area contributed by atoms with E-state index < -0.39 is 18.0 Å². The molecule has 2 N–H and O–H groups in total. The minimum absolute atomic E-state index is 0.123. The highest BCUT2D eigenvalue weighted by Crippen LogP contribution is 2.33. The van der Waals surface area contributed by atoms with Gasteiger partial charge in [0.25, 0.3) is 0 Å². The van der Waals surface area contributed by atoms with Gasteiger partial charge in [-0.1, -0.05) is 11.8 Å². The second-order valence-electron chi connectivity index (χ2n) is 3.69. The van der Waals surface area contributed by atoms with E-state index in [1.807, 2.05) is 6.92 Å². The number of nitrogens with two attached hydrogens (primary N) is 1. The quantitative estimate of drug-likeness (QED) is 0.673. The van der Waals surface area contributed by atoms with Crippen molar-refractivity contribution in [2.24, 2.45) is 5.73 Å². The molecule has 0 fully saturated rings. The average Bonchev–Trinajstić information content (AvgIpc) is 2.20. The largest absolute Gasteiger partial charge is 0.402 e. The van der Waals surface area contributed by atoms with Crippen LogP contribution in [0.15, 0.2) is 5.16 Å². The molecule has 0 saturated heterocycles. The number of hydrogen-bond donors (Lipinski definition) is 1. The first-order valence-electron chi connectivity index (χ1n) is 5.01. The molecule has 0 aliphatic heterocycles. The Morgan fingerprint density at radius 2 is 1.65 bits per heavy atom. The maximum Gasteiger partial charge on any atom is 0.402 e. The number of nitrogens with zero attached hydrogens (tertiary/aromatic N) is 2. The smallest absolute Gasteiger partial charge is 0.329 e. The van der Waals surface area contributed by atoms with E-state index in [0.717, 1.165) is 5.56 Å². The molecule has 0 aromatic carbocycles. The fourth-order valence-electron chi connectivity index (χ4n) is 1.17. The molecule has 1 atom stereocenters. The van der Waals surface area contributed by atoms with Crippen molar-refractivity contribution in [2.75, 3.05) is 6.54 Å². The molecule has 0 bridgehead atoms. The van der Waals surface area contributed by atoms with Gasteiger partial charge in [-0.2, -0.15) is 13.2 Å². The van der Waals surface area contributed by atoms with Gasteiger partial charge in [-0.05, 0) is 26.3 Å². The molecular formula is C10H14F3N3S. The lowest BCUT2D eigenvalue weighted by molar-refractivity contribution is -0.126. The van der Waals surface area contributed by atoms with Crippen molar-refractivity contribution in [1.29, 1.82) is 0 Å². The summed E-state index contributed by atoms with van der Waals surface area (Å²) in [5, 5.41) is -1.54. The Morgan fingerprint density at radius 1 is 1.18 bits per heavy atom. The maximum absolute atomic E-state index is 12.5. The Labute approximate surface area is 102 Å². The summed E-state index contributed by atoms with van der Waals surface area (Å²) in [4.78, 5) is 8.06. The Balaban J connectivity index is 2.95. The Morgan fingerprint density at radius 3 is 2.00 bits per heavy atom. The van der Waals surface area contributed by atoms with Gasteiger partial charge in [0.05, 0.1) is 0 Å². The molecular weight excluding hydrogens is 251 g/mol. The number of thioether (sulfide) groups is 1. The SMILES string of the molecule is Cc1nc(SC(CN)C(F)(F)F)nc(C)c1C. The molecule has 0 saturated carbocycles. The molecule has 0 amide bonds. The maximum atomic E-state index is 12.5. The second-order valence-corrected chi connectivity index (χ2v) is 4.86. The van der Waals surface area contributed by atoms with Crippen LogP contribution in [0.3, 0.4) is 0 Å². The summed E-state index contributed by atoms with van der Waals surface area (Å²) in [5.41, 5.74) is 7.40. The Bertz CT molecular complexity index is 383. The van der Waals surface area contributed by atoms with Gasteiger partial charge in [0.1, 0.15) is 5.25 Å². The van der Waals surface area contributed by atoms with E-state index in [-0.39, 0.29) is 5.16 Å². The molecule has 1 heterocycles. The predicted octanol–water partition coefficient (Wildman–Crippen LogP) is 2.38. The first kappa shape index (κ1) is 14.2. The first-order chi connectivity index (χ1) is 7.75. The molecule has 0 radical (unpaired) electrons. The third-order valence-electron chi connectivity index (χ3n) is 2.44. The normalized spacial score (nSPS) is 13.8. The number of rotatable bonds is 3. The number of alkyl halides is 3. The van der Waals surface area contributed by atoms with Crippen LogP contribution >= 0.6 is 11.8 Å². The summed E-state index contributed by atoms with van der Waals surface area (Å²) in [6.45, 7) is 4.85. The fraction of sp³-hybridized carbons (Fsp3) is 0.600. The summed E-state index contributed by atoms with van der Waals surface area (Å²) >= 11 is 0.560. The first-order valence-corrected chi connectivity index (χ1v) is 5.89. The monoisotopic (exact) mass is 265 g/mol. The number of aryl methyl sites for hydroxylation is 2. The molecule has 96 valence electrons. The zero-order valence-electron chi connectivity index (χ0n) is 9.80. The molecule has 1 unspecified atom stereocenters. The molecule has 7 heteroatoms. The van der Waals surface area contributed by atoms with Crippen molar-refractivity contribution in [3.8, 4) is 0 Å². The van der Waals surface area contributed by atoms with Gasteiger partial charge in [-0.15, -0.1) is 0 Å². The molecule has 17 heavy (non-hydrogen) atoms. The third-order valence-corrected chi connectivity index (χ3v) is 3.58. The molecule has 1 rings (SSSR count). The van der Waals surface area contributed by atoms with Gasteiger partial charge in [-0.25, -0.2) is 9.97 Å². The fourth-order valence-corrected chi connectivity index (χ4v) is 2.03. The van der Waals surface area contributed by atoms with Crippen LogP contribution in [-0.2, 0) is 0 Å². The van der Waals surface area contributed by atoms with Crippen LogP contribution < -0.4 is 5.73 Å². The zero-order chi connectivity index (χ0) is 13.2. The molecule has 1 aromatic heterocycles. The second kappa shape index (κ2) is 5.22.